The fourth-order valence-electron chi connectivity index (χ4n) is 5.21. The summed E-state index contributed by atoms with van der Waals surface area (Å²) in [5.74, 6) is 1.49. The van der Waals surface area contributed by atoms with Crippen molar-refractivity contribution in [1.82, 2.24) is 0 Å². The number of benzene rings is 6. The Hall–Kier alpha value is -4.55. The highest BCUT2D eigenvalue weighted by molar-refractivity contribution is 6.13. The lowest BCUT2D eigenvalue weighted by Gasteiger charge is -2.33. The molecule has 0 N–H and O–H groups in total. The molecule has 6 aromatic rings. The third-order valence-electron chi connectivity index (χ3n) is 6.97. The van der Waals surface area contributed by atoms with Crippen LogP contribution in [0.3, 0.4) is 0 Å². The summed E-state index contributed by atoms with van der Waals surface area (Å²) in [5.41, 5.74) is 8.68. The quantitative estimate of drug-likeness (QED) is 0.140. The Morgan fingerprint density at radius 3 is 1.05 bits per heavy atom. The van der Waals surface area contributed by atoms with Crippen molar-refractivity contribution >= 4 is 16.3 Å². The average Bonchev–Trinajstić information content (AvgIpc) is 3.02. The topological polar surface area (TPSA) is 18.5 Å². The fourth-order valence-corrected chi connectivity index (χ4v) is 5.47. The van der Waals surface area contributed by atoms with Crippen LogP contribution in [0.2, 0.25) is 0 Å². The molecule has 196 valence electrons. The summed E-state index contributed by atoms with van der Waals surface area (Å²) < 4.78 is 12.4. The molecular weight excluding hydrogens is 515 g/mol. The normalized spacial score (nSPS) is 11.1. The molecule has 3 heteroatoms. The molecular formula is C38H29AlO2. The van der Waals surface area contributed by atoms with E-state index in [9.17, 15) is 0 Å². The van der Waals surface area contributed by atoms with Crippen LogP contribution >= 0.6 is 0 Å². The maximum absolute atomic E-state index is 6.73. The van der Waals surface area contributed by atoms with Crippen molar-refractivity contribution in [3.05, 3.63) is 158 Å². The van der Waals surface area contributed by atoms with Crippen LogP contribution in [0.1, 0.15) is 6.92 Å². The van der Waals surface area contributed by atoms with Gasteiger partial charge in [0, 0.05) is 11.1 Å². The van der Waals surface area contributed by atoms with Crippen molar-refractivity contribution in [1.29, 1.82) is 0 Å². The second-order valence-corrected chi connectivity index (χ2v) is 11.1. The summed E-state index contributed by atoms with van der Waals surface area (Å²) in [5, 5.41) is 0. The molecule has 6 rings (SSSR count). The fraction of sp³-hybridized carbons (Fsp3) is 0.0526. The number of hydrogen-bond acceptors (Lipinski definition) is 2. The van der Waals surface area contributed by atoms with E-state index < -0.39 is 4.65 Å². The van der Waals surface area contributed by atoms with Gasteiger partial charge in [0.25, 0.3) is 16.3 Å². The van der Waals surface area contributed by atoms with Crippen molar-refractivity contribution in [2.75, 3.05) is 0 Å². The van der Waals surface area contributed by atoms with Crippen molar-refractivity contribution in [3.8, 4) is 56.0 Å². The van der Waals surface area contributed by atoms with Crippen LogP contribution in [0.4, 0.5) is 0 Å². The van der Waals surface area contributed by atoms with E-state index in [1.165, 1.54) is 0 Å². The summed E-state index contributed by atoms with van der Waals surface area (Å²) in [6.45, 7) is 1.94. The van der Waals surface area contributed by atoms with Gasteiger partial charge in [-0.3, -0.25) is 0 Å². The standard InChI is InChI=1S/C38H29O2.Al/c1-28(39-35-26-14-24-33(29-16-6-2-7-17-29)37(35)31-20-10-4-11-21-31)40-36-27-15-25-34(30-18-8-3-9-19-30)38(36)32-22-12-5-13-23-32;/h2-27H,1H3;. The van der Waals surface area contributed by atoms with Gasteiger partial charge < -0.3 is 9.47 Å². The van der Waals surface area contributed by atoms with Gasteiger partial charge in [-0.15, -0.1) is 0 Å². The zero-order valence-corrected chi connectivity index (χ0v) is 24.1. The number of ether oxygens (including phenoxy) is 2. The number of hydrogen-bond donors (Lipinski definition) is 0. The maximum Gasteiger partial charge on any atom is 0.272 e. The lowest BCUT2D eigenvalue weighted by Crippen LogP contribution is -2.40. The van der Waals surface area contributed by atoms with Crippen LogP contribution in [0, 0.1) is 0 Å². The first-order chi connectivity index (χ1) is 20.1. The Morgan fingerprint density at radius 1 is 0.390 bits per heavy atom. The van der Waals surface area contributed by atoms with E-state index in [4.69, 9.17) is 9.47 Å². The van der Waals surface area contributed by atoms with Gasteiger partial charge in [0.2, 0.25) is 0 Å². The van der Waals surface area contributed by atoms with Crippen molar-refractivity contribution in [2.24, 2.45) is 0 Å². The van der Waals surface area contributed by atoms with Crippen LogP contribution in [0.15, 0.2) is 158 Å². The van der Waals surface area contributed by atoms with Crippen molar-refractivity contribution in [2.45, 2.75) is 11.6 Å². The van der Waals surface area contributed by atoms with Gasteiger partial charge in [0.1, 0.15) is 16.1 Å². The molecule has 41 heavy (non-hydrogen) atoms. The highest BCUT2D eigenvalue weighted by Crippen LogP contribution is 2.43. The number of rotatable bonds is 8. The zero-order valence-electron chi connectivity index (χ0n) is 22.9. The summed E-state index contributed by atoms with van der Waals surface area (Å²) in [7, 11) is 0. The summed E-state index contributed by atoms with van der Waals surface area (Å²) in [4.78, 5) is 0. The molecule has 0 fully saturated rings. The lowest BCUT2D eigenvalue weighted by atomic mass is 9.93. The first-order valence-corrected chi connectivity index (χ1v) is 14.3. The molecule has 0 aliphatic carbocycles. The van der Waals surface area contributed by atoms with Gasteiger partial charge in [-0.1, -0.05) is 146 Å². The third kappa shape index (κ3) is 5.98. The smallest absolute Gasteiger partial charge is 0.272 e. The van der Waals surface area contributed by atoms with E-state index >= 15 is 0 Å². The predicted octanol–water partition coefficient (Wildman–Crippen LogP) is 9.65. The van der Waals surface area contributed by atoms with E-state index in [1.54, 1.807) is 0 Å². The molecule has 0 aliphatic heterocycles. The summed E-state index contributed by atoms with van der Waals surface area (Å²) >= 11 is 2.78. The molecule has 2 radical (unpaired) electrons. The monoisotopic (exact) mass is 544 g/mol. The zero-order chi connectivity index (χ0) is 28.1. The minimum atomic E-state index is -1.06. The Bertz CT molecular complexity index is 1600. The summed E-state index contributed by atoms with van der Waals surface area (Å²) in [6.07, 6.45) is 0. The van der Waals surface area contributed by atoms with Crippen LogP contribution in [0.5, 0.6) is 11.5 Å². The Balaban J connectivity index is 1.43. The van der Waals surface area contributed by atoms with Gasteiger partial charge in [0.15, 0.2) is 0 Å². The molecule has 0 amide bonds. The largest absolute Gasteiger partial charge is 0.471 e. The molecule has 0 unspecified atom stereocenters. The van der Waals surface area contributed by atoms with Gasteiger partial charge in [0.05, 0.1) is 0 Å². The second-order valence-electron chi connectivity index (χ2n) is 10.0. The Morgan fingerprint density at radius 2 is 0.707 bits per heavy atom. The van der Waals surface area contributed by atoms with Crippen molar-refractivity contribution < 1.29 is 9.47 Å². The van der Waals surface area contributed by atoms with Gasteiger partial charge in [-0.25, -0.2) is 0 Å². The maximum atomic E-state index is 6.73. The minimum absolute atomic E-state index is 0.746. The first kappa shape index (κ1) is 26.7. The molecule has 0 spiro atoms. The van der Waals surface area contributed by atoms with Crippen LogP contribution < -0.4 is 9.47 Å². The molecule has 0 atom stereocenters. The predicted molar refractivity (Wildman–Crippen MR) is 170 cm³/mol. The molecule has 0 saturated heterocycles. The molecule has 0 heterocycles. The molecule has 0 bridgehead atoms. The Kier molecular flexibility index (Phi) is 7.74. The highest BCUT2D eigenvalue weighted by Gasteiger charge is 2.26. The molecule has 0 aromatic heterocycles. The first-order valence-electron chi connectivity index (χ1n) is 13.7. The van der Waals surface area contributed by atoms with E-state index in [1.807, 2.05) is 55.5 Å². The van der Waals surface area contributed by atoms with Gasteiger partial charge in [-0.05, 0) is 52.4 Å². The molecule has 6 aromatic carbocycles. The molecule has 0 saturated carbocycles. The molecule has 2 nitrogen and oxygen atoms in total. The van der Waals surface area contributed by atoms with Gasteiger partial charge >= 0.3 is 0 Å². The summed E-state index contributed by atoms with van der Waals surface area (Å²) in [6, 6.07) is 54.0. The van der Waals surface area contributed by atoms with Gasteiger partial charge in [-0.2, -0.15) is 0 Å². The SMILES string of the molecule is C[C]([Al])(Oc1cccc(-c2ccccc2)c1-c1ccccc1)Oc1cccc(-c2ccccc2)c1-c1ccccc1. The van der Waals surface area contributed by atoms with Crippen LogP contribution in [-0.2, 0) is 0 Å². The second kappa shape index (κ2) is 11.9. The van der Waals surface area contributed by atoms with E-state index in [-0.39, 0.29) is 0 Å². The average molecular weight is 545 g/mol. The highest BCUT2D eigenvalue weighted by atomic mass is 27.0. The lowest BCUT2D eigenvalue weighted by molar-refractivity contribution is -0.0207. The van der Waals surface area contributed by atoms with Crippen molar-refractivity contribution in [3.63, 3.8) is 0 Å². The van der Waals surface area contributed by atoms with E-state index in [2.05, 4.69) is 125 Å². The van der Waals surface area contributed by atoms with Crippen LogP contribution in [-0.4, -0.2) is 20.9 Å². The Labute approximate surface area is 250 Å². The van der Waals surface area contributed by atoms with E-state index in [0.29, 0.717) is 0 Å². The third-order valence-corrected chi connectivity index (χ3v) is 7.21. The minimum Gasteiger partial charge on any atom is -0.471 e. The van der Waals surface area contributed by atoms with E-state index in [0.717, 1.165) is 56.0 Å². The van der Waals surface area contributed by atoms with Crippen LogP contribution in [0.25, 0.3) is 44.5 Å². The molecule has 0 aliphatic rings.